The average Bonchev–Trinajstić information content (AvgIpc) is 2.92. The Kier molecular flexibility index (Phi) is 5.78. The molecule has 0 aromatic carbocycles. The maximum absolute atomic E-state index is 11.8. The molecule has 0 amide bonds. The van der Waals surface area contributed by atoms with Gasteiger partial charge in [0.05, 0.1) is 0 Å². The van der Waals surface area contributed by atoms with Gasteiger partial charge in [-0.25, -0.2) is 0 Å². The molecule has 0 spiro atoms. The smallest absolute Gasteiger partial charge is 0.155 e. The molecule has 3 heteroatoms. The third-order valence-electron chi connectivity index (χ3n) is 8.43. The van der Waals surface area contributed by atoms with Crippen LogP contribution in [0.1, 0.15) is 77.6 Å². The van der Waals surface area contributed by atoms with Gasteiger partial charge in [0.15, 0.2) is 5.78 Å². The second-order valence-electron chi connectivity index (χ2n) is 9.61. The zero-order valence-electron chi connectivity index (χ0n) is 16.6. The first-order valence-corrected chi connectivity index (χ1v) is 12.5. The van der Waals surface area contributed by atoms with Crippen molar-refractivity contribution in [2.24, 2.45) is 29.1 Å². The van der Waals surface area contributed by atoms with Gasteiger partial charge in [-0.3, -0.25) is 4.79 Å². The summed E-state index contributed by atoms with van der Waals surface area (Å²) < 4.78 is 1.19. The standard InChI is InChI=1S/C24H33IO2/c1-23-13-10-20-19-9-7-18(26)16-17(19)6-8-21(20)22(23)11-14-24(23,27)12-4-2-3-5-15-25/h16,19-22,27H,2-3,5-11,13-15H2,1H3/t19-,20+,21+,22-,23-,24+/m0/s1/i25-2. The van der Waals surface area contributed by atoms with Crippen molar-refractivity contribution in [1.29, 1.82) is 0 Å². The van der Waals surface area contributed by atoms with E-state index in [0.29, 0.717) is 23.5 Å². The van der Waals surface area contributed by atoms with E-state index in [1.54, 1.807) is 0 Å². The van der Waals surface area contributed by atoms with Crippen LogP contribution in [0.3, 0.4) is 0 Å². The predicted molar refractivity (Wildman–Crippen MR) is 118 cm³/mol. The predicted octanol–water partition coefficient (Wildman–Crippen LogP) is 5.47. The lowest BCUT2D eigenvalue weighted by Crippen LogP contribution is -2.52. The van der Waals surface area contributed by atoms with Crippen LogP contribution in [0.5, 0.6) is 0 Å². The van der Waals surface area contributed by atoms with Gasteiger partial charge in [0.2, 0.25) is 0 Å². The second kappa shape index (κ2) is 7.82. The van der Waals surface area contributed by atoms with Crippen LogP contribution in [0, 0.1) is 40.9 Å². The fraction of sp³-hybridized carbons (Fsp3) is 0.792. The Labute approximate surface area is 178 Å². The van der Waals surface area contributed by atoms with Crippen molar-refractivity contribution < 1.29 is 9.90 Å². The molecule has 0 bridgehead atoms. The number of hydrogen-bond donors (Lipinski definition) is 1. The number of halogens is 1. The molecule has 27 heavy (non-hydrogen) atoms. The largest absolute Gasteiger partial charge is 0.377 e. The van der Waals surface area contributed by atoms with E-state index in [2.05, 4.69) is 41.4 Å². The molecule has 2 nitrogen and oxygen atoms in total. The van der Waals surface area contributed by atoms with E-state index in [9.17, 15) is 9.90 Å². The molecule has 0 saturated heterocycles. The van der Waals surface area contributed by atoms with E-state index < -0.39 is 5.60 Å². The summed E-state index contributed by atoms with van der Waals surface area (Å²) in [5, 5.41) is 11.5. The van der Waals surface area contributed by atoms with Crippen molar-refractivity contribution in [1.82, 2.24) is 0 Å². The first kappa shape index (κ1) is 20.0. The van der Waals surface area contributed by atoms with Crippen molar-refractivity contribution in [2.75, 3.05) is 4.43 Å². The van der Waals surface area contributed by atoms with Crippen LogP contribution >= 0.6 is 22.6 Å². The van der Waals surface area contributed by atoms with Gasteiger partial charge in [0, 0.05) is 18.3 Å². The van der Waals surface area contributed by atoms with Crippen LogP contribution in [0.25, 0.3) is 0 Å². The van der Waals surface area contributed by atoms with Gasteiger partial charge < -0.3 is 5.11 Å². The zero-order chi connectivity index (χ0) is 19.1. The fourth-order valence-corrected chi connectivity index (χ4v) is 7.46. The van der Waals surface area contributed by atoms with Crippen LogP contribution in [0.2, 0.25) is 0 Å². The molecule has 4 rings (SSSR count). The summed E-state index contributed by atoms with van der Waals surface area (Å²) in [5.41, 5.74) is 0.612. The third kappa shape index (κ3) is 3.44. The molecular formula is C24H33IO2. The van der Waals surface area contributed by atoms with E-state index >= 15 is 0 Å². The molecule has 1 N–H and O–H groups in total. The monoisotopic (exact) mass is 478 g/mol. The van der Waals surface area contributed by atoms with Gasteiger partial charge in [-0.15, -0.1) is 5.92 Å². The fourth-order valence-electron chi connectivity index (χ4n) is 6.92. The van der Waals surface area contributed by atoms with Crippen molar-refractivity contribution in [3.05, 3.63) is 11.6 Å². The van der Waals surface area contributed by atoms with Gasteiger partial charge in [0.25, 0.3) is 0 Å². The lowest BCUT2D eigenvalue weighted by molar-refractivity contribution is -0.116. The molecule has 0 heterocycles. The zero-order valence-corrected chi connectivity index (χ0v) is 18.8. The molecule has 3 fully saturated rings. The lowest BCUT2D eigenvalue weighted by atomic mass is 9.50. The maximum atomic E-state index is 11.8. The summed E-state index contributed by atoms with van der Waals surface area (Å²) in [6.45, 7) is 2.33. The summed E-state index contributed by atoms with van der Waals surface area (Å²) >= 11 is 2.42. The number of carbonyl (C=O) groups is 1. The number of ketones is 1. The number of carbonyl (C=O) groups excluding carboxylic acids is 1. The molecule has 3 saturated carbocycles. The lowest BCUT2D eigenvalue weighted by Gasteiger charge is -2.54. The van der Waals surface area contributed by atoms with Crippen LogP contribution in [0.15, 0.2) is 11.6 Å². The van der Waals surface area contributed by atoms with E-state index in [4.69, 9.17) is 0 Å². The van der Waals surface area contributed by atoms with E-state index in [-0.39, 0.29) is 5.41 Å². The number of aliphatic hydroxyl groups is 1. The summed E-state index contributed by atoms with van der Waals surface area (Å²) in [4.78, 5) is 11.8. The first-order valence-electron chi connectivity index (χ1n) is 11.0. The Bertz CT molecular complexity index is 686. The minimum Gasteiger partial charge on any atom is -0.377 e. The van der Waals surface area contributed by atoms with E-state index in [1.165, 1.54) is 29.3 Å². The van der Waals surface area contributed by atoms with Crippen molar-refractivity contribution >= 4 is 28.4 Å². The average molecular weight is 478 g/mol. The van der Waals surface area contributed by atoms with E-state index in [1.807, 2.05) is 6.08 Å². The number of rotatable bonds is 3. The highest BCUT2D eigenvalue weighted by Crippen LogP contribution is 2.64. The van der Waals surface area contributed by atoms with Crippen LogP contribution in [0.4, 0.5) is 0 Å². The number of hydrogen-bond acceptors (Lipinski definition) is 2. The summed E-state index contributed by atoms with van der Waals surface area (Å²) in [5.74, 6) is 9.72. The van der Waals surface area contributed by atoms with Crippen molar-refractivity contribution in [2.45, 2.75) is 83.2 Å². The highest BCUT2D eigenvalue weighted by Gasteiger charge is 2.61. The Balaban J connectivity index is 1.51. The molecule has 4 aliphatic rings. The molecule has 0 aliphatic heterocycles. The second-order valence-corrected chi connectivity index (χ2v) is 10.7. The Morgan fingerprint density at radius 3 is 2.81 bits per heavy atom. The number of fused-ring (bicyclic) bond motifs is 5. The van der Waals surface area contributed by atoms with Crippen LogP contribution in [-0.4, -0.2) is 20.9 Å². The molecule has 4 aliphatic carbocycles. The minimum absolute atomic E-state index is 0.0455. The molecule has 0 aromatic rings. The summed E-state index contributed by atoms with van der Waals surface area (Å²) in [6, 6.07) is 0. The SMILES string of the molecule is C[C@]12CC[C@H]3[C@@H](CCC4=CC(=O)CC[C@@H]43)[C@@H]1CC[C@]2(O)C#CCCCC[125I]. The van der Waals surface area contributed by atoms with Crippen molar-refractivity contribution in [3.8, 4) is 11.8 Å². The normalized spacial score (nSPS) is 43.1. The third-order valence-corrected chi connectivity index (χ3v) is 9.20. The van der Waals surface area contributed by atoms with Gasteiger partial charge in [-0.1, -0.05) is 41.0 Å². The van der Waals surface area contributed by atoms with Crippen LogP contribution < -0.4 is 0 Å². The molecule has 0 radical (unpaired) electrons. The highest BCUT2D eigenvalue weighted by atomic mass is 125. The number of allylic oxidation sites excluding steroid dienone is 1. The first-order chi connectivity index (χ1) is 13.0. The van der Waals surface area contributed by atoms with Gasteiger partial charge in [-0.2, -0.15) is 0 Å². The number of alkyl halides is 1. The molecule has 6 atom stereocenters. The van der Waals surface area contributed by atoms with Gasteiger partial charge in [0.1, 0.15) is 5.60 Å². The number of unbranched alkanes of at least 4 members (excludes halogenated alkanes) is 2. The van der Waals surface area contributed by atoms with Gasteiger partial charge >= 0.3 is 0 Å². The molecule has 0 aromatic heterocycles. The Morgan fingerprint density at radius 1 is 1.15 bits per heavy atom. The van der Waals surface area contributed by atoms with Crippen molar-refractivity contribution in [3.63, 3.8) is 0 Å². The van der Waals surface area contributed by atoms with E-state index in [0.717, 1.165) is 57.3 Å². The Morgan fingerprint density at radius 2 is 2.00 bits per heavy atom. The topological polar surface area (TPSA) is 37.3 Å². The molecular weight excluding hydrogens is 445 g/mol. The van der Waals surface area contributed by atoms with Gasteiger partial charge in [-0.05, 0) is 92.0 Å². The summed E-state index contributed by atoms with van der Waals surface area (Å²) in [7, 11) is 0. The minimum atomic E-state index is -0.786. The Hall–Kier alpha value is -0.340. The van der Waals surface area contributed by atoms with Crippen LogP contribution in [-0.2, 0) is 4.79 Å². The summed E-state index contributed by atoms with van der Waals surface area (Å²) in [6.07, 6.45) is 13.6. The highest BCUT2D eigenvalue weighted by molar-refractivity contribution is 14.1. The maximum Gasteiger partial charge on any atom is 0.155 e. The quantitative estimate of drug-likeness (QED) is 0.253. The molecule has 0 unspecified atom stereocenters. The molecule has 148 valence electrons.